The van der Waals surface area contributed by atoms with Crippen molar-refractivity contribution >= 4 is 27.7 Å². The van der Waals surface area contributed by atoms with Crippen molar-refractivity contribution < 1.29 is 0 Å². The second kappa shape index (κ2) is 8.74. The maximum atomic E-state index is 9.04. The zero-order chi connectivity index (χ0) is 19.2. The van der Waals surface area contributed by atoms with E-state index in [0.717, 1.165) is 6.42 Å². The van der Waals surface area contributed by atoms with Crippen LogP contribution in [0.2, 0.25) is 0 Å². The van der Waals surface area contributed by atoms with E-state index in [1.165, 1.54) is 24.2 Å². The van der Waals surface area contributed by atoms with Crippen molar-refractivity contribution in [3.8, 4) is 6.07 Å². The summed E-state index contributed by atoms with van der Waals surface area (Å²) in [7, 11) is 0. The first-order chi connectivity index (χ1) is 13.8. The summed E-state index contributed by atoms with van der Waals surface area (Å²) in [6, 6.07) is 40.8. The molecule has 4 aromatic carbocycles. The molecule has 0 N–H and O–H groups in total. The Morgan fingerprint density at radius 3 is 1.71 bits per heavy atom. The molecule has 28 heavy (non-hydrogen) atoms. The molecule has 0 heterocycles. The topological polar surface area (TPSA) is 23.8 Å². The molecule has 0 fully saturated rings. The van der Waals surface area contributed by atoms with Crippen LogP contribution < -0.4 is 13.1 Å². The summed E-state index contributed by atoms with van der Waals surface area (Å²) in [5.74, 6) is 0. The zero-order valence-electron chi connectivity index (χ0n) is 15.5. The van der Waals surface area contributed by atoms with Crippen LogP contribution in [0.4, 0.5) is 0 Å². The molecule has 4 rings (SSSR count). The normalized spacial score (nSPS) is 10.6. The van der Waals surface area contributed by atoms with Gasteiger partial charge in [0.2, 0.25) is 0 Å². The Hall–Kier alpha value is -3.07. The summed E-state index contributed by atoms with van der Waals surface area (Å²) < 4.78 is 4.35. The first kappa shape index (κ1) is 18.3. The Bertz CT molecular complexity index is 1040. The molecular weight excluding hydrogens is 401 g/mol. The van der Waals surface area contributed by atoms with Crippen molar-refractivity contribution in [1.82, 2.24) is 0 Å². The molecule has 0 spiro atoms. The number of benzene rings is 4. The van der Waals surface area contributed by atoms with Crippen LogP contribution in [0, 0.1) is 11.3 Å². The average molecular weight is 421 g/mol. The molecule has 0 saturated heterocycles. The van der Waals surface area contributed by atoms with Gasteiger partial charge in [0.1, 0.15) is 0 Å². The SMILES string of the molecule is N#Cc1ccc(Cc2ccccc2[As](c2ccccc2)c2ccccc2)cc1. The van der Waals surface area contributed by atoms with E-state index < -0.39 is 14.7 Å². The van der Waals surface area contributed by atoms with Gasteiger partial charge in [0.15, 0.2) is 0 Å². The van der Waals surface area contributed by atoms with Gasteiger partial charge in [-0.1, -0.05) is 0 Å². The van der Waals surface area contributed by atoms with Crippen LogP contribution in [0.1, 0.15) is 16.7 Å². The van der Waals surface area contributed by atoms with E-state index in [1.54, 1.807) is 0 Å². The van der Waals surface area contributed by atoms with Crippen LogP contribution in [-0.2, 0) is 6.42 Å². The third kappa shape index (κ3) is 4.09. The van der Waals surface area contributed by atoms with Gasteiger partial charge in [-0.2, -0.15) is 0 Å². The number of hydrogen-bond donors (Lipinski definition) is 0. The van der Waals surface area contributed by atoms with Gasteiger partial charge in [-0.15, -0.1) is 0 Å². The molecule has 2 heteroatoms. The number of nitriles is 1. The van der Waals surface area contributed by atoms with Gasteiger partial charge in [-0.3, -0.25) is 0 Å². The zero-order valence-corrected chi connectivity index (χ0v) is 17.4. The van der Waals surface area contributed by atoms with Crippen LogP contribution in [0.3, 0.4) is 0 Å². The fourth-order valence-corrected chi connectivity index (χ4v) is 8.56. The summed E-state index contributed by atoms with van der Waals surface area (Å²) in [5, 5.41) is 9.04. The third-order valence-corrected chi connectivity index (χ3v) is 10.1. The van der Waals surface area contributed by atoms with E-state index in [9.17, 15) is 0 Å². The Morgan fingerprint density at radius 2 is 1.14 bits per heavy atom. The number of rotatable bonds is 5. The molecular formula is C26H20AsN. The maximum absolute atomic E-state index is 9.04. The molecule has 0 aromatic heterocycles. The molecule has 0 amide bonds. The standard InChI is InChI=1S/C26H20AsN/c28-20-22-17-15-21(16-18-22)19-23-9-7-8-14-26(23)27(24-10-3-1-4-11-24)25-12-5-2-6-13-25/h1-18H,19H2. The number of hydrogen-bond acceptors (Lipinski definition) is 1. The van der Waals surface area contributed by atoms with E-state index >= 15 is 0 Å². The molecule has 0 aliphatic rings. The second-order valence-corrected chi connectivity index (χ2v) is 11.2. The molecule has 0 aliphatic heterocycles. The van der Waals surface area contributed by atoms with E-state index in [0.29, 0.717) is 5.56 Å². The first-order valence-corrected chi connectivity index (χ1v) is 12.1. The molecule has 0 aliphatic carbocycles. The van der Waals surface area contributed by atoms with E-state index in [4.69, 9.17) is 5.26 Å². The quantitative estimate of drug-likeness (QED) is 0.451. The Labute approximate surface area is 171 Å². The van der Waals surface area contributed by atoms with Crippen LogP contribution in [0.25, 0.3) is 0 Å². The summed E-state index contributed by atoms with van der Waals surface area (Å²) in [4.78, 5) is 0. The van der Waals surface area contributed by atoms with Gasteiger partial charge in [0.05, 0.1) is 0 Å². The van der Waals surface area contributed by atoms with E-state index in [1.807, 2.05) is 12.1 Å². The van der Waals surface area contributed by atoms with Crippen LogP contribution in [0.15, 0.2) is 109 Å². The minimum atomic E-state index is -1.64. The fourth-order valence-electron chi connectivity index (χ4n) is 3.38. The van der Waals surface area contributed by atoms with Gasteiger partial charge in [-0.25, -0.2) is 0 Å². The van der Waals surface area contributed by atoms with Gasteiger partial charge in [0.25, 0.3) is 0 Å². The van der Waals surface area contributed by atoms with Crippen molar-refractivity contribution in [3.05, 3.63) is 126 Å². The Balaban J connectivity index is 1.78. The molecule has 0 unspecified atom stereocenters. The Kier molecular flexibility index (Phi) is 5.71. The predicted molar refractivity (Wildman–Crippen MR) is 118 cm³/mol. The van der Waals surface area contributed by atoms with Crippen molar-refractivity contribution in [3.63, 3.8) is 0 Å². The van der Waals surface area contributed by atoms with Crippen molar-refractivity contribution in [1.29, 1.82) is 5.26 Å². The van der Waals surface area contributed by atoms with Gasteiger partial charge in [0, 0.05) is 0 Å². The van der Waals surface area contributed by atoms with Crippen LogP contribution in [0.5, 0.6) is 0 Å². The fraction of sp³-hybridized carbons (Fsp3) is 0.0385. The second-order valence-electron chi connectivity index (χ2n) is 6.62. The predicted octanol–water partition coefficient (Wildman–Crippen LogP) is 3.67. The molecule has 0 saturated carbocycles. The monoisotopic (exact) mass is 421 g/mol. The molecule has 0 bridgehead atoms. The van der Waals surface area contributed by atoms with Crippen molar-refractivity contribution in [2.75, 3.05) is 0 Å². The number of nitrogens with zero attached hydrogens (tertiary/aromatic N) is 1. The molecule has 1 nitrogen and oxygen atoms in total. The van der Waals surface area contributed by atoms with Crippen LogP contribution >= 0.6 is 0 Å². The summed E-state index contributed by atoms with van der Waals surface area (Å²) in [6.45, 7) is 0. The van der Waals surface area contributed by atoms with E-state index in [2.05, 4.69) is 103 Å². The van der Waals surface area contributed by atoms with Crippen molar-refractivity contribution in [2.45, 2.75) is 6.42 Å². The third-order valence-electron chi connectivity index (χ3n) is 4.74. The molecule has 0 atom stereocenters. The van der Waals surface area contributed by atoms with Gasteiger partial charge < -0.3 is 0 Å². The summed E-state index contributed by atoms with van der Waals surface area (Å²) in [5.41, 5.74) is 3.32. The van der Waals surface area contributed by atoms with E-state index in [-0.39, 0.29) is 0 Å². The molecule has 134 valence electrons. The van der Waals surface area contributed by atoms with Gasteiger partial charge in [-0.05, 0) is 0 Å². The van der Waals surface area contributed by atoms with Crippen LogP contribution in [-0.4, -0.2) is 14.7 Å². The minimum absolute atomic E-state index is 0.707. The van der Waals surface area contributed by atoms with Crippen molar-refractivity contribution in [2.24, 2.45) is 0 Å². The summed E-state index contributed by atoms with van der Waals surface area (Å²) in [6.07, 6.45) is 0.882. The molecule has 4 aromatic rings. The summed E-state index contributed by atoms with van der Waals surface area (Å²) >= 11 is -1.64. The Morgan fingerprint density at radius 1 is 0.607 bits per heavy atom. The first-order valence-electron chi connectivity index (χ1n) is 9.32. The average Bonchev–Trinajstić information content (AvgIpc) is 2.77. The molecule has 0 radical (unpaired) electrons. The van der Waals surface area contributed by atoms with Gasteiger partial charge >= 0.3 is 171 Å².